The molecule has 0 radical (unpaired) electrons. The highest BCUT2D eigenvalue weighted by atomic mass is 16.5. The molecule has 26 heavy (non-hydrogen) atoms. The number of guanidine groups is 1. The molecule has 1 heterocycles. The Labute approximate surface area is 156 Å². The molecule has 1 aliphatic heterocycles. The smallest absolute Gasteiger partial charge is 0.195 e. The molecule has 0 spiro atoms. The quantitative estimate of drug-likeness (QED) is 0.377. The predicted octanol–water partition coefficient (Wildman–Crippen LogP) is 2.67. The van der Waals surface area contributed by atoms with E-state index in [4.69, 9.17) is 18.9 Å². The number of methoxy groups -OCH3 is 1. The minimum Gasteiger partial charge on any atom is -0.490 e. The Morgan fingerprint density at radius 1 is 1.15 bits per heavy atom. The number of hydrogen-bond acceptors (Lipinski definition) is 5. The number of fused-ring (bicyclic) bond motifs is 1. The van der Waals surface area contributed by atoms with E-state index in [2.05, 4.69) is 22.5 Å². The van der Waals surface area contributed by atoms with Crippen LogP contribution in [0.25, 0.3) is 0 Å². The van der Waals surface area contributed by atoms with Crippen LogP contribution in [0.15, 0.2) is 23.2 Å². The average Bonchev–Trinajstić information content (AvgIpc) is 2.90. The van der Waals surface area contributed by atoms with Crippen molar-refractivity contribution in [3.05, 3.63) is 18.2 Å². The van der Waals surface area contributed by atoms with Crippen LogP contribution in [0.2, 0.25) is 0 Å². The number of nitrogens with zero attached hydrogens (tertiary/aromatic N) is 1. The summed E-state index contributed by atoms with van der Waals surface area (Å²) in [5.74, 6) is 2.33. The Balaban J connectivity index is 1.84. The molecule has 0 amide bonds. The van der Waals surface area contributed by atoms with Gasteiger partial charge in [0.15, 0.2) is 17.5 Å². The first-order valence-electron chi connectivity index (χ1n) is 9.35. The molecule has 7 heteroatoms. The molecule has 2 N–H and O–H groups in total. The lowest BCUT2D eigenvalue weighted by molar-refractivity contribution is 0.0699. The van der Waals surface area contributed by atoms with Crippen LogP contribution in [-0.4, -0.2) is 59.2 Å². The van der Waals surface area contributed by atoms with E-state index in [1.165, 1.54) is 0 Å². The number of rotatable bonds is 10. The van der Waals surface area contributed by atoms with Gasteiger partial charge in [-0.3, -0.25) is 4.99 Å². The zero-order valence-corrected chi connectivity index (χ0v) is 15.9. The van der Waals surface area contributed by atoms with Crippen LogP contribution < -0.4 is 20.1 Å². The Bertz CT molecular complexity index is 552. The molecular formula is C19H31N3O4. The highest BCUT2D eigenvalue weighted by molar-refractivity contribution is 5.93. The highest BCUT2D eigenvalue weighted by Gasteiger charge is 2.11. The number of anilines is 1. The van der Waals surface area contributed by atoms with Crippen molar-refractivity contribution in [2.75, 3.05) is 58.6 Å². The van der Waals surface area contributed by atoms with Crippen molar-refractivity contribution in [3.8, 4) is 11.5 Å². The van der Waals surface area contributed by atoms with E-state index < -0.39 is 0 Å². The van der Waals surface area contributed by atoms with Gasteiger partial charge in [-0.1, -0.05) is 6.92 Å². The van der Waals surface area contributed by atoms with E-state index in [1.54, 1.807) is 7.11 Å². The fourth-order valence-electron chi connectivity index (χ4n) is 2.37. The molecule has 0 atom stereocenters. The van der Waals surface area contributed by atoms with Crippen molar-refractivity contribution in [1.82, 2.24) is 5.32 Å². The summed E-state index contributed by atoms with van der Waals surface area (Å²) < 4.78 is 21.8. The zero-order chi connectivity index (χ0) is 18.5. The molecule has 0 saturated heterocycles. The third-order valence-corrected chi connectivity index (χ3v) is 3.69. The van der Waals surface area contributed by atoms with Crippen molar-refractivity contribution in [3.63, 3.8) is 0 Å². The van der Waals surface area contributed by atoms with Gasteiger partial charge in [-0.15, -0.1) is 0 Å². The molecular weight excluding hydrogens is 334 g/mol. The second-order valence-electron chi connectivity index (χ2n) is 5.95. The number of ether oxygens (including phenoxy) is 4. The van der Waals surface area contributed by atoms with Gasteiger partial charge in [-0.25, -0.2) is 0 Å². The largest absolute Gasteiger partial charge is 0.490 e. The first-order chi connectivity index (χ1) is 12.8. The second-order valence-corrected chi connectivity index (χ2v) is 5.95. The van der Waals surface area contributed by atoms with Crippen LogP contribution >= 0.6 is 0 Å². The average molecular weight is 365 g/mol. The van der Waals surface area contributed by atoms with Crippen molar-refractivity contribution < 1.29 is 18.9 Å². The Morgan fingerprint density at radius 3 is 2.81 bits per heavy atom. The maximum Gasteiger partial charge on any atom is 0.195 e. The van der Waals surface area contributed by atoms with E-state index >= 15 is 0 Å². The van der Waals surface area contributed by atoms with Crippen LogP contribution in [0, 0.1) is 0 Å². The molecule has 7 nitrogen and oxygen atoms in total. The zero-order valence-electron chi connectivity index (χ0n) is 15.9. The van der Waals surface area contributed by atoms with Crippen LogP contribution in [-0.2, 0) is 9.47 Å². The second kappa shape index (κ2) is 12.4. The molecule has 0 fully saturated rings. The fraction of sp³-hybridized carbons (Fsp3) is 0.632. The lowest BCUT2D eigenvalue weighted by Crippen LogP contribution is -2.32. The topological polar surface area (TPSA) is 73.3 Å². The van der Waals surface area contributed by atoms with Gasteiger partial charge in [0.05, 0.1) is 26.4 Å². The lowest BCUT2D eigenvalue weighted by Gasteiger charge is -2.14. The van der Waals surface area contributed by atoms with E-state index in [1.807, 2.05) is 18.2 Å². The summed E-state index contributed by atoms with van der Waals surface area (Å²) in [7, 11) is 1.67. The fourth-order valence-corrected chi connectivity index (χ4v) is 2.37. The van der Waals surface area contributed by atoms with Crippen LogP contribution in [0.3, 0.4) is 0 Å². The van der Waals surface area contributed by atoms with Gasteiger partial charge in [0, 0.05) is 45.0 Å². The molecule has 0 saturated carbocycles. The highest BCUT2D eigenvalue weighted by Crippen LogP contribution is 2.32. The molecule has 1 aliphatic rings. The number of nitrogens with one attached hydrogen (secondary N) is 2. The first-order valence-corrected chi connectivity index (χ1v) is 9.35. The summed E-state index contributed by atoms with van der Waals surface area (Å²) in [4.78, 5) is 4.58. The third kappa shape index (κ3) is 7.49. The van der Waals surface area contributed by atoms with Gasteiger partial charge < -0.3 is 29.6 Å². The van der Waals surface area contributed by atoms with Crippen LogP contribution in [0.1, 0.15) is 26.2 Å². The maximum absolute atomic E-state index is 5.75. The van der Waals surface area contributed by atoms with Crippen LogP contribution in [0.5, 0.6) is 11.5 Å². The summed E-state index contributed by atoms with van der Waals surface area (Å²) in [5.41, 5.74) is 0.924. The third-order valence-electron chi connectivity index (χ3n) is 3.69. The van der Waals surface area contributed by atoms with Crippen LogP contribution in [0.4, 0.5) is 5.69 Å². The Hall–Kier alpha value is -1.99. The molecule has 2 rings (SSSR count). The summed E-state index contributed by atoms with van der Waals surface area (Å²) >= 11 is 0. The monoisotopic (exact) mass is 365 g/mol. The molecule has 0 bridgehead atoms. The molecule has 1 aromatic carbocycles. The number of benzene rings is 1. The predicted molar refractivity (Wildman–Crippen MR) is 104 cm³/mol. The van der Waals surface area contributed by atoms with Crippen molar-refractivity contribution in [2.45, 2.75) is 26.2 Å². The van der Waals surface area contributed by atoms with Gasteiger partial charge in [0.1, 0.15) is 0 Å². The van der Waals surface area contributed by atoms with Gasteiger partial charge in [0.25, 0.3) is 0 Å². The lowest BCUT2D eigenvalue weighted by atomic mass is 10.2. The maximum atomic E-state index is 5.75. The van der Waals surface area contributed by atoms with E-state index in [9.17, 15) is 0 Å². The summed E-state index contributed by atoms with van der Waals surface area (Å²) in [6.07, 6.45) is 2.79. The van der Waals surface area contributed by atoms with E-state index in [0.717, 1.165) is 55.5 Å². The normalized spacial score (nSPS) is 14.0. The van der Waals surface area contributed by atoms with E-state index in [0.29, 0.717) is 33.0 Å². The van der Waals surface area contributed by atoms with Gasteiger partial charge in [0.2, 0.25) is 0 Å². The van der Waals surface area contributed by atoms with Gasteiger partial charge in [-0.2, -0.15) is 0 Å². The molecule has 0 aromatic heterocycles. The van der Waals surface area contributed by atoms with Gasteiger partial charge in [-0.05, 0) is 25.0 Å². The summed E-state index contributed by atoms with van der Waals surface area (Å²) in [5, 5.41) is 6.68. The standard InChI is InChI=1S/C19H31N3O4/c1-3-8-20-19(21-9-4-10-24-14-13-23-2)22-16-6-7-17-18(15-16)26-12-5-11-25-17/h6-7,15H,3-5,8-14H2,1-2H3,(H2,20,21,22). The van der Waals surface area contributed by atoms with E-state index in [-0.39, 0.29) is 0 Å². The van der Waals surface area contributed by atoms with Crippen molar-refractivity contribution >= 4 is 11.6 Å². The van der Waals surface area contributed by atoms with Crippen molar-refractivity contribution in [1.29, 1.82) is 0 Å². The SMILES string of the molecule is CCCN=C(NCCCOCCOC)Nc1ccc2c(c1)OCCCO2. The minimum absolute atomic E-state index is 0.627. The van der Waals surface area contributed by atoms with Gasteiger partial charge >= 0.3 is 0 Å². The Morgan fingerprint density at radius 2 is 2.00 bits per heavy atom. The number of aliphatic imine (C=N–C) groups is 1. The van der Waals surface area contributed by atoms with Crippen molar-refractivity contribution in [2.24, 2.45) is 4.99 Å². The summed E-state index contributed by atoms with van der Waals surface area (Å²) in [6.45, 7) is 6.98. The molecule has 0 aliphatic carbocycles. The Kier molecular flexibility index (Phi) is 9.67. The first kappa shape index (κ1) is 20.3. The molecule has 146 valence electrons. The number of hydrogen-bond donors (Lipinski definition) is 2. The summed E-state index contributed by atoms with van der Waals surface area (Å²) in [6, 6.07) is 5.87. The minimum atomic E-state index is 0.627. The molecule has 0 unspecified atom stereocenters. The molecule has 1 aromatic rings.